The summed E-state index contributed by atoms with van der Waals surface area (Å²) < 4.78 is 39.3. The van der Waals surface area contributed by atoms with Crippen molar-refractivity contribution in [3.05, 3.63) is 132 Å². The van der Waals surface area contributed by atoms with Crippen molar-refractivity contribution in [2.75, 3.05) is 13.2 Å². The molecule has 0 radical (unpaired) electrons. The number of ketones is 6. The number of hydrogen-bond donors (Lipinski definition) is 0. The van der Waals surface area contributed by atoms with Crippen LogP contribution in [0.15, 0.2) is 119 Å². The van der Waals surface area contributed by atoms with Crippen LogP contribution in [-0.4, -0.2) is 66.3 Å². The van der Waals surface area contributed by atoms with Gasteiger partial charge in [0.25, 0.3) is 0 Å². The highest BCUT2D eigenvalue weighted by Gasteiger charge is 2.45. The maximum Gasteiger partial charge on any atom is 0.206 e. The van der Waals surface area contributed by atoms with E-state index in [4.69, 9.17) is 9.47 Å². The molecule has 2 unspecified atom stereocenters. The largest absolute Gasteiger partial charge is 0.491 e. The molecular weight excluding hydrogens is 749 g/mol. The van der Waals surface area contributed by atoms with E-state index in [0.29, 0.717) is 22.5 Å². The third-order valence-corrected chi connectivity index (χ3v) is 11.9. The Morgan fingerprint density at radius 3 is 1.37 bits per heavy atom. The van der Waals surface area contributed by atoms with Crippen LogP contribution in [0.1, 0.15) is 67.1 Å². The zero-order valence-electron chi connectivity index (χ0n) is 30.2. The van der Waals surface area contributed by atoms with Crippen LogP contribution in [0.25, 0.3) is 21.8 Å². The van der Waals surface area contributed by atoms with E-state index in [9.17, 15) is 37.2 Å². The average Bonchev–Trinajstić information content (AvgIpc) is 3.63. The molecule has 0 saturated heterocycles. The molecule has 0 spiro atoms. The fourth-order valence-corrected chi connectivity index (χ4v) is 8.64. The first-order valence-corrected chi connectivity index (χ1v) is 19.7. The third kappa shape index (κ3) is 6.80. The van der Waals surface area contributed by atoms with Crippen molar-refractivity contribution in [3.63, 3.8) is 0 Å². The standard InChI is InChI=1S/C44H32N2O10S/c47-33(11-5-21-55-35-13-1-7-25-9-3-19-45-39(25)35)37-41(49)29-17-15-27(23-31(29)43(37)51)57(53,54)28-16-18-30-32(24-28)44(52)38(42(30)50)34(48)12-6-22-56-36-14-2-8-26-10-4-20-46-40(26)36/h1-4,7-10,13-20,23-24,37-38H,5-6,11-12,21-22H2. The summed E-state index contributed by atoms with van der Waals surface area (Å²) >= 11 is 0. The molecule has 0 amide bonds. The molecule has 57 heavy (non-hydrogen) atoms. The molecule has 6 aromatic rings. The summed E-state index contributed by atoms with van der Waals surface area (Å²) in [5.41, 5.74) is 0.804. The zero-order chi connectivity index (χ0) is 39.8. The molecule has 2 atom stereocenters. The monoisotopic (exact) mass is 780 g/mol. The number of rotatable bonds is 14. The average molecular weight is 781 g/mol. The number of benzene rings is 4. The van der Waals surface area contributed by atoms with Gasteiger partial charge in [0.2, 0.25) is 9.84 Å². The Morgan fingerprint density at radius 1 is 0.526 bits per heavy atom. The van der Waals surface area contributed by atoms with Gasteiger partial charge in [-0.1, -0.05) is 36.4 Å². The second kappa shape index (κ2) is 15.1. The molecule has 284 valence electrons. The molecular formula is C44H32N2O10S. The number of fused-ring (bicyclic) bond motifs is 4. The Balaban J connectivity index is 0.906. The summed E-state index contributed by atoms with van der Waals surface area (Å²) in [6.07, 6.45) is 3.48. The van der Waals surface area contributed by atoms with E-state index in [-0.39, 0.29) is 70.9 Å². The number of sulfone groups is 1. The van der Waals surface area contributed by atoms with Gasteiger partial charge in [0.1, 0.15) is 34.4 Å². The third-order valence-electron chi connectivity index (χ3n) is 10.2. The number of nitrogens with zero attached hydrogens (tertiary/aromatic N) is 2. The smallest absolute Gasteiger partial charge is 0.206 e. The van der Waals surface area contributed by atoms with Crippen LogP contribution in [0, 0.1) is 11.8 Å². The van der Waals surface area contributed by atoms with Gasteiger partial charge in [-0.05, 0) is 73.5 Å². The number of Topliss-reactive ketones (excluding diaryl/α,β-unsaturated/α-hetero) is 6. The van der Waals surface area contributed by atoms with E-state index in [1.807, 2.05) is 36.4 Å². The van der Waals surface area contributed by atoms with Crippen LogP contribution in [0.4, 0.5) is 0 Å². The summed E-state index contributed by atoms with van der Waals surface area (Å²) in [6, 6.07) is 25.2. The highest BCUT2D eigenvalue weighted by molar-refractivity contribution is 7.91. The second-order valence-corrected chi connectivity index (χ2v) is 15.7. The number of para-hydroxylation sites is 2. The van der Waals surface area contributed by atoms with Gasteiger partial charge in [-0.2, -0.15) is 0 Å². The van der Waals surface area contributed by atoms with Crippen molar-refractivity contribution in [2.24, 2.45) is 11.8 Å². The van der Waals surface area contributed by atoms with Crippen molar-refractivity contribution in [3.8, 4) is 11.5 Å². The predicted octanol–water partition coefficient (Wildman–Crippen LogP) is 6.46. The van der Waals surface area contributed by atoms with E-state index in [0.717, 1.165) is 35.0 Å². The van der Waals surface area contributed by atoms with Gasteiger partial charge in [0.05, 0.1) is 23.0 Å². The van der Waals surface area contributed by atoms with Crippen LogP contribution in [-0.2, 0) is 19.4 Å². The Labute approximate surface area is 325 Å². The number of carbonyl (C=O) groups is 6. The van der Waals surface area contributed by atoms with Gasteiger partial charge < -0.3 is 9.47 Å². The molecule has 2 aliphatic carbocycles. The SMILES string of the molecule is O=C(CCCOc1cccc2cccnc12)C1C(=O)c2ccc(S(=O)(=O)c3ccc4c(c3)C(=O)C(C(=O)CCCOc3cccc5cccnc35)C4=O)cc2C1=O. The van der Waals surface area contributed by atoms with Crippen LogP contribution in [0.3, 0.4) is 0 Å². The first kappa shape index (κ1) is 37.2. The highest BCUT2D eigenvalue weighted by Crippen LogP contribution is 2.35. The van der Waals surface area contributed by atoms with E-state index in [2.05, 4.69) is 9.97 Å². The van der Waals surface area contributed by atoms with Crippen molar-refractivity contribution < 1.29 is 46.7 Å². The lowest BCUT2D eigenvalue weighted by Gasteiger charge is -2.09. The van der Waals surface area contributed by atoms with Crippen LogP contribution < -0.4 is 9.47 Å². The van der Waals surface area contributed by atoms with E-state index in [1.54, 1.807) is 36.7 Å². The minimum absolute atomic E-state index is 0.0642. The van der Waals surface area contributed by atoms with Gasteiger partial charge in [-0.3, -0.25) is 38.7 Å². The lowest BCUT2D eigenvalue weighted by molar-refractivity contribution is -0.121. The minimum atomic E-state index is -4.40. The Morgan fingerprint density at radius 2 is 0.930 bits per heavy atom. The molecule has 0 bridgehead atoms. The van der Waals surface area contributed by atoms with Crippen LogP contribution in [0.5, 0.6) is 11.5 Å². The van der Waals surface area contributed by atoms with E-state index in [1.165, 1.54) is 12.1 Å². The van der Waals surface area contributed by atoms with Gasteiger partial charge in [-0.25, -0.2) is 8.42 Å². The zero-order valence-corrected chi connectivity index (χ0v) is 31.0. The van der Waals surface area contributed by atoms with E-state index < -0.39 is 56.4 Å². The summed E-state index contributed by atoms with van der Waals surface area (Å²) in [6.45, 7) is 0.268. The van der Waals surface area contributed by atoms with Crippen molar-refractivity contribution in [1.82, 2.24) is 9.97 Å². The van der Waals surface area contributed by atoms with E-state index >= 15 is 0 Å². The quantitative estimate of drug-likeness (QED) is 0.0871. The molecule has 12 nitrogen and oxygen atoms in total. The number of pyridine rings is 2. The summed E-state index contributed by atoms with van der Waals surface area (Å²) in [7, 11) is -4.40. The molecule has 0 N–H and O–H groups in total. The first-order chi connectivity index (χ1) is 27.5. The van der Waals surface area contributed by atoms with Crippen LogP contribution in [0.2, 0.25) is 0 Å². The van der Waals surface area contributed by atoms with Gasteiger partial charge in [0, 0.05) is 58.3 Å². The molecule has 8 rings (SSSR count). The second-order valence-electron chi connectivity index (χ2n) is 13.7. The molecule has 0 fully saturated rings. The maximum absolute atomic E-state index is 13.8. The maximum atomic E-state index is 13.8. The first-order valence-electron chi connectivity index (χ1n) is 18.2. The summed E-state index contributed by atoms with van der Waals surface area (Å²) in [5.74, 6) is -6.36. The lowest BCUT2D eigenvalue weighted by Crippen LogP contribution is -2.25. The van der Waals surface area contributed by atoms with Crippen LogP contribution >= 0.6 is 0 Å². The fourth-order valence-electron chi connectivity index (χ4n) is 7.33. The molecule has 4 aromatic carbocycles. The number of carbonyl (C=O) groups excluding carboxylic acids is 6. The van der Waals surface area contributed by atoms with Gasteiger partial charge >= 0.3 is 0 Å². The van der Waals surface area contributed by atoms with Gasteiger partial charge in [0.15, 0.2) is 34.7 Å². The topological polar surface area (TPSA) is 181 Å². The molecule has 0 saturated carbocycles. The van der Waals surface area contributed by atoms with Crippen molar-refractivity contribution in [1.29, 1.82) is 0 Å². The summed E-state index contributed by atoms with van der Waals surface area (Å²) in [4.78, 5) is 87.5. The number of aromatic nitrogens is 2. The molecule has 2 heterocycles. The summed E-state index contributed by atoms with van der Waals surface area (Å²) in [5, 5.41) is 1.77. The number of hydrogen-bond acceptors (Lipinski definition) is 12. The molecule has 2 aromatic heterocycles. The Bertz CT molecular complexity index is 2620. The fraction of sp³-hybridized carbons (Fsp3) is 0.182. The number of ether oxygens (including phenoxy) is 2. The lowest BCUT2D eigenvalue weighted by atomic mass is 9.95. The predicted molar refractivity (Wildman–Crippen MR) is 206 cm³/mol. The highest BCUT2D eigenvalue weighted by atomic mass is 32.2. The normalized spacial score (nSPS) is 16.2. The molecule has 0 aliphatic heterocycles. The van der Waals surface area contributed by atoms with Gasteiger partial charge in [-0.15, -0.1) is 0 Å². The molecule has 13 heteroatoms. The minimum Gasteiger partial charge on any atom is -0.491 e. The Kier molecular flexibility index (Phi) is 9.84. The van der Waals surface area contributed by atoms with Crippen molar-refractivity contribution >= 4 is 66.3 Å². The van der Waals surface area contributed by atoms with Crippen molar-refractivity contribution in [2.45, 2.75) is 35.5 Å². The molecule has 2 aliphatic rings. The Hall–Kier alpha value is -6.73.